The Kier molecular flexibility index (Phi) is 3.64. The molecule has 1 fully saturated rings. The van der Waals surface area contributed by atoms with Gasteiger partial charge in [0.1, 0.15) is 0 Å². The Morgan fingerprint density at radius 2 is 1.94 bits per heavy atom. The molecule has 0 spiro atoms. The first-order chi connectivity index (χ1) is 8.90. The summed E-state index contributed by atoms with van der Waals surface area (Å²) in [5.41, 5.74) is 1.31. The van der Waals surface area contributed by atoms with Gasteiger partial charge in [0.05, 0.1) is 12.6 Å². The van der Waals surface area contributed by atoms with E-state index in [1.807, 2.05) is 0 Å². The van der Waals surface area contributed by atoms with Crippen LogP contribution in [0.2, 0.25) is 0 Å². The number of aliphatic hydroxyl groups is 1. The molecule has 0 amide bonds. The zero-order valence-corrected chi connectivity index (χ0v) is 11.3. The van der Waals surface area contributed by atoms with Gasteiger partial charge in [0.2, 0.25) is 0 Å². The molecule has 1 aromatic carbocycles. The van der Waals surface area contributed by atoms with E-state index >= 15 is 0 Å². The predicted molar refractivity (Wildman–Crippen MR) is 77.1 cm³/mol. The molecule has 3 rings (SSSR count). The summed E-state index contributed by atoms with van der Waals surface area (Å²) < 4.78 is 1.32. The van der Waals surface area contributed by atoms with E-state index in [1.54, 1.807) is 11.3 Å². The fourth-order valence-electron chi connectivity index (χ4n) is 2.90. The van der Waals surface area contributed by atoms with Crippen LogP contribution in [-0.4, -0.2) is 29.7 Å². The molecule has 2 aromatic rings. The number of hydrogen-bond acceptors (Lipinski definition) is 3. The van der Waals surface area contributed by atoms with Gasteiger partial charge in [-0.2, -0.15) is 0 Å². The van der Waals surface area contributed by atoms with E-state index in [1.165, 1.54) is 34.9 Å². The number of hydrogen-bond donors (Lipinski definition) is 1. The van der Waals surface area contributed by atoms with Crippen molar-refractivity contribution in [3.05, 3.63) is 35.2 Å². The molecule has 1 unspecified atom stereocenters. The molecule has 18 heavy (non-hydrogen) atoms. The van der Waals surface area contributed by atoms with Crippen molar-refractivity contribution < 1.29 is 5.11 Å². The monoisotopic (exact) mass is 261 g/mol. The van der Waals surface area contributed by atoms with Gasteiger partial charge in [-0.1, -0.05) is 24.6 Å². The normalized spacial score (nSPS) is 19.2. The number of thiophene rings is 1. The Bertz CT molecular complexity index is 516. The summed E-state index contributed by atoms with van der Waals surface area (Å²) in [6, 6.07) is 8.68. The zero-order chi connectivity index (χ0) is 12.4. The van der Waals surface area contributed by atoms with Gasteiger partial charge in [-0.25, -0.2) is 0 Å². The van der Waals surface area contributed by atoms with E-state index < -0.39 is 0 Å². The largest absolute Gasteiger partial charge is 0.394 e. The summed E-state index contributed by atoms with van der Waals surface area (Å²) >= 11 is 1.78. The number of benzene rings is 1. The molecular weight excluding hydrogens is 242 g/mol. The maximum absolute atomic E-state index is 9.77. The molecule has 1 aromatic heterocycles. The molecule has 2 heterocycles. The molecule has 1 atom stereocenters. The van der Waals surface area contributed by atoms with E-state index in [0.29, 0.717) is 0 Å². The first-order valence-electron chi connectivity index (χ1n) is 6.71. The number of nitrogens with zero attached hydrogens (tertiary/aromatic N) is 1. The van der Waals surface area contributed by atoms with Crippen molar-refractivity contribution in [2.75, 3.05) is 19.7 Å². The zero-order valence-electron chi connectivity index (χ0n) is 10.5. The van der Waals surface area contributed by atoms with Crippen molar-refractivity contribution in [2.24, 2.45) is 0 Å². The molecule has 1 aliphatic rings. The number of rotatable bonds is 3. The molecule has 2 nitrogen and oxygen atoms in total. The summed E-state index contributed by atoms with van der Waals surface area (Å²) in [6.07, 6.45) is 3.86. The van der Waals surface area contributed by atoms with E-state index in [-0.39, 0.29) is 12.6 Å². The Hall–Kier alpha value is -0.900. The fourth-order valence-corrected chi connectivity index (χ4v) is 3.90. The van der Waals surface area contributed by atoms with Crippen LogP contribution in [0.15, 0.2) is 29.6 Å². The number of piperidine rings is 1. The lowest BCUT2D eigenvalue weighted by Gasteiger charge is -2.33. The van der Waals surface area contributed by atoms with Crippen LogP contribution < -0.4 is 0 Å². The Balaban J connectivity index is 1.95. The lowest BCUT2D eigenvalue weighted by atomic mass is 10.0. The van der Waals surface area contributed by atoms with Crippen molar-refractivity contribution in [1.82, 2.24) is 4.90 Å². The SMILES string of the molecule is OCC(c1csc2ccccc12)N1CCCCC1. The average Bonchev–Trinajstić information content (AvgIpc) is 2.85. The number of aliphatic hydroxyl groups excluding tert-OH is 1. The van der Waals surface area contributed by atoms with Gasteiger partial charge in [0, 0.05) is 4.70 Å². The Morgan fingerprint density at radius 1 is 1.17 bits per heavy atom. The van der Waals surface area contributed by atoms with Crippen LogP contribution in [0, 0.1) is 0 Å². The second-order valence-electron chi connectivity index (χ2n) is 4.98. The highest BCUT2D eigenvalue weighted by atomic mass is 32.1. The van der Waals surface area contributed by atoms with Crippen molar-refractivity contribution in [2.45, 2.75) is 25.3 Å². The Labute approximate surface area is 112 Å². The van der Waals surface area contributed by atoms with Gasteiger partial charge in [-0.05, 0) is 48.3 Å². The highest BCUT2D eigenvalue weighted by Crippen LogP contribution is 2.34. The summed E-state index contributed by atoms with van der Waals surface area (Å²) in [7, 11) is 0. The first kappa shape index (κ1) is 12.2. The maximum Gasteiger partial charge on any atom is 0.0629 e. The van der Waals surface area contributed by atoms with Crippen LogP contribution >= 0.6 is 11.3 Å². The van der Waals surface area contributed by atoms with Gasteiger partial charge in [0.15, 0.2) is 0 Å². The van der Waals surface area contributed by atoms with Crippen LogP contribution in [-0.2, 0) is 0 Å². The van der Waals surface area contributed by atoms with Gasteiger partial charge in [-0.3, -0.25) is 4.90 Å². The van der Waals surface area contributed by atoms with Crippen LogP contribution in [0.4, 0.5) is 0 Å². The molecule has 0 aliphatic carbocycles. The van der Waals surface area contributed by atoms with Crippen LogP contribution in [0.25, 0.3) is 10.1 Å². The summed E-state index contributed by atoms with van der Waals surface area (Å²) in [4.78, 5) is 2.44. The van der Waals surface area contributed by atoms with Gasteiger partial charge < -0.3 is 5.11 Å². The van der Waals surface area contributed by atoms with E-state index in [0.717, 1.165) is 13.1 Å². The minimum Gasteiger partial charge on any atom is -0.394 e. The number of fused-ring (bicyclic) bond motifs is 1. The molecule has 0 bridgehead atoms. The highest BCUT2D eigenvalue weighted by molar-refractivity contribution is 7.17. The third kappa shape index (κ3) is 2.18. The third-order valence-electron chi connectivity index (χ3n) is 3.87. The summed E-state index contributed by atoms with van der Waals surface area (Å²) in [5, 5.41) is 13.3. The van der Waals surface area contributed by atoms with Crippen LogP contribution in [0.5, 0.6) is 0 Å². The topological polar surface area (TPSA) is 23.5 Å². The van der Waals surface area contributed by atoms with E-state index in [9.17, 15) is 5.11 Å². The maximum atomic E-state index is 9.77. The second kappa shape index (κ2) is 5.39. The smallest absolute Gasteiger partial charge is 0.0629 e. The molecule has 1 N–H and O–H groups in total. The lowest BCUT2D eigenvalue weighted by molar-refractivity contribution is 0.105. The molecule has 1 aliphatic heterocycles. The molecular formula is C15H19NOS. The molecule has 1 saturated heterocycles. The molecule has 0 radical (unpaired) electrons. The molecule has 96 valence electrons. The van der Waals surface area contributed by atoms with Crippen molar-refractivity contribution in [1.29, 1.82) is 0 Å². The first-order valence-corrected chi connectivity index (χ1v) is 7.59. The second-order valence-corrected chi connectivity index (χ2v) is 5.89. The standard InChI is InChI=1S/C15H19NOS/c17-10-14(16-8-4-1-5-9-16)13-11-18-15-7-3-2-6-12(13)15/h2-3,6-7,11,14,17H,1,4-5,8-10H2. The van der Waals surface area contributed by atoms with Gasteiger partial charge >= 0.3 is 0 Å². The minimum absolute atomic E-state index is 0.182. The molecule has 0 saturated carbocycles. The van der Waals surface area contributed by atoms with Crippen molar-refractivity contribution >= 4 is 21.4 Å². The van der Waals surface area contributed by atoms with Crippen LogP contribution in [0.3, 0.4) is 0 Å². The van der Waals surface area contributed by atoms with Crippen LogP contribution in [0.1, 0.15) is 30.9 Å². The van der Waals surface area contributed by atoms with Crippen molar-refractivity contribution in [3.63, 3.8) is 0 Å². The predicted octanol–water partition coefficient (Wildman–Crippen LogP) is 3.42. The highest BCUT2D eigenvalue weighted by Gasteiger charge is 2.23. The van der Waals surface area contributed by atoms with E-state index in [2.05, 4.69) is 34.5 Å². The van der Waals surface area contributed by atoms with Gasteiger partial charge in [0.25, 0.3) is 0 Å². The summed E-state index contributed by atoms with van der Waals surface area (Å²) in [5.74, 6) is 0. The van der Waals surface area contributed by atoms with E-state index in [4.69, 9.17) is 0 Å². The quantitative estimate of drug-likeness (QED) is 0.915. The molecule has 3 heteroatoms. The third-order valence-corrected chi connectivity index (χ3v) is 4.86. The Morgan fingerprint density at radius 3 is 2.72 bits per heavy atom. The summed E-state index contributed by atoms with van der Waals surface area (Å²) in [6.45, 7) is 2.46. The van der Waals surface area contributed by atoms with Crippen molar-refractivity contribution in [3.8, 4) is 0 Å². The van der Waals surface area contributed by atoms with Gasteiger partial charge in [-0.15, -0.1) is 11.3 Å². The average molecular weight is 261 g/mol. The fraction of sp³-hybridized carbons (Fsp3) is 0.467. The lowest BCUT2D eigenvalue weighted by Crippen LogP contribution is -2.35. The minimum atomic E-state index is 0.182. The number of likely N-dealkylation sites (tertiary alicyclic amines) is 1.